The standard InChI is InChI=1S/C27H29FN2O5S/c1-17(2)18-6-4-7-19(12-18)20-10-11-26(29-15-20)36(33,34)30(3)24-9-5-8-22-23(24)13-21(28)14-25(22)35-16-27(31)32/h4,6-7,10-15,17,24H,5,8-9,16H2,1-3H3,(H,31,32). The van der Waals surface area contributed by atoms with Crippen molar-refractivity contribution < 1.29 is 27.4 Å². The first-order chi connectivity index (χ1) is 17.1. The molecule has 1 unspecified atom stereocenters. The molecule has 3 aromatic rings. The summed E-state index contributed by atoms with van der Waals surface area (Å²) in [5.74, 6) is -1.29. The molecule has 9 heteroatoms. The summed E-state index contributed by atoms with van der Waals surface area (Å²) in [5.41, 5.74) is 4.05. The third-order valence-electron chi connectivity index (χ3n) is 6.53. The zero-order valence-electron chi connectivity index (χ0n) is 20.4. The third kappa shape index (κ3) is 5.27. The van der Waals surface area contributed by atoms with Crippen LogP contribution >= 0.6 is 0 Å². The predicted octanol–water partition coefficient (Wildman–Crippen LogP) is 5.17. The number of hydrogen-bond acceptors (Lipinski definition) is 5. The number of hydrogen-bond donors (Lipinski definition) is 1. The zero-order valence-corrected chi connectivity index (χ0v) is 21.3. The highest BCUT2D eigenvalue weighted by Crippen LogP contribution is 2.40. The second-order valence-electron chi connectivity index (χ2n) is 9.25. The van der Waals surface area contributed by atoms with Gasteiger partial charge in [0.25, 0.3) is 10.0 Å². The van der Waals surface area contributed by atoms with Gasteiger partial charge in [-0.3, -0.25) is 0 Å². The van der Waals surface area contributed by atoms with Gasteiger partial charge in [0.15, 0.2) is 11.6 Å². The van der Waals surface area contributed by atoms with Crippen LogP contribution in [0.4, 0.5) is 4.39 Å². The summed E-state index contributed by atoms with van der Waals surface area (Å²) in [4.78, 5) is 15.2. The van der Waals surface area contributed by atoms with Crippen LogP contribution in [0.1, 0.15) is 55.3 Å². The average Bonchev–Trinajstić information content (AvgIpc) is 2.86. The molecule has 0 saturated heterocycles. The first-order valence-corrected chi connectivity index (χ1v) is 13.2. The van der Waals surface area contributed by atoms with E-state index < -0.39 is 34.5 Å². The molecular formula is C27H29FN2O5S. The molecular weight excluding hydrogens is 483 g/mol. The van der Waals surface area contributed by atoms with Gasteiger partial charge in [-0.2, -0.15) is 4.31 Å². The smallest absolute Gasteiger partial charge is 0.341 e. The first kappa shape index (κ1) is 25.8. The molecule has 1 atom stereocenters. The maximum atomic E-state index is 14.4. The van der Waals surface area contributed by atoms with E-state index in [1.165, 1.54) is 29.0 Å². The topological polar surface area (TPSA) is 96.8 Å². The van der Waals surface area contributed by atoms with E-state index in [-0.39, 0.29) is 10.8 Å². The van der Waals surface area contributed by atoms with E-state index in [2.05, 4.69) is 31.0 Å². The van der Waals surface area contributed by atoms with Gasteiger partial charge in [0.05, 0.1) is 6.04 Å². The lowest BCUT2D eigenvalue weighted by Crippen LogP contribution is -2.34. The summed E-state index contributed by atoms with van der Waals surface area (Å²) in [6, 6.07) is 13.1. The van der Waals surface area contributed by atoms with Crippen molar-refractivity contribution >= 4 is 16.0 Å². The van der Waals surface area contributed by atoms with Crippen molar-refractivity contribution in [1.29, 1.82) is 0 Å². The van der Waals surface area contributed by atoms with Crippen LogP contribution in [0.2, 0.25) is 0 Å². The van der Waals surface area contributed by atoms with Crippen molar-refractivity contribution in [3.05, 3.63) is 77.2 Å². The van der Waals surface area contributed by atoms with Crippen molar-refractivity contribution in [2.75, 3.05) is 13.7 Å². The molecule has 0 aliphatic heterocycles. The van der Waals surface area contributed by atoms with E-state index in [1.54, 1.807) is 12.3 Å². The van der Waals surface area contributed by atoms with Gasteiger partial charge in [-0.15, -0.1) is 0 Å². The molecule has 0 bridgehead atoms. The lowest BCUT2D eigenvalue weighted by Gasteiger charge is -2.33. The van der Waals surface area contributed by atoms with Crippen molar-refractivity contribution in [3.8, 4) is 16.9 Å². The number of ether oxygens (including phenoxy) is 1. The number of fused-ring (bicyclic) bond motifs is 1. The van der Waals surface area contributed by atoms with Crippen LogP contribution in [-0.4, -0.2) is 42.4 Å². The fourth-order valence-corrected chi connectivity index (χ4v) is 5.84. The molecule has 0 spiro atoms. The van der Waals surface area contributed by atoms with E-state index in [0.29, 0.717) is 36.3 Å². The fourth-order valence-electron chi connectivity index (χ4n) is 4.57. The van der Waals surface area contributed by atoms with Crippen LogP contribution in [0.15, 0.2) is 59.8 Å². The van der Waals surface area contributed by atoms with E-state index >= 15 is 0 Å². The SMILES string of the molecule is CC(C)c1cccc(-c2ccc(S(=O)(=O)N(C)C3CCCc4c(OCC(=O)O)cc(F)cc43)nc2)c1. The number of aliphatic carboxylic acids is 1. The Morgan fingerprint density at radius 2 is 1.97 bits per heavy atom. The number of benzene rings is 2. The molecule has 0 amide bonds. The van der Waals surface area contributed by atoms with E-state index in [9.17, 15) is 17.6 Å². The molecule has 36 heavy (non-hydrogen) atoms. The van der Waals surface area contributed by atoms with E-state index in [4.69, 9.17) is 9.84 Å². The van der Waals surface area contributed by atoms with Crippen LogP contribution in [0.5, 0.6) is 5.75 Å². The predicted molar refractivity (Wildman–Crippen MR) is 134 cm³/mol. The second-order valence-corrected chi connectivity index (χ2v) is 11.2. The fraction of sp³-hybridized carbons (Fsp3) is 0.333. The number of carboxylic acids is 1. The van der Waals surface area contributed by atoms with Gasteiger partial charge in [0, 0.05) is 24.9 Å². The lowest BCUT2D eigenvalue weighted by atomic mass is 9.87. The van der Waals surface area contributed by atoms with Crippen LogP contribution in [0, 0.1) is 5.82 Å². The zero-order chi connectivity index (χ0) is 26.0. The molecule has 1 aliphatic carbocycles. The maximum Gasteiger partial charge on any atom is 0.341 e. The largest absolute Gasteiger partial charge is 0.482 e. The second kappa shape index (κ2) is 10.4. The molecule has 0 radical (unpaired) electrons. The Kier molecular flexibility index (Phi) is 7.42. The van der Waals surface area contributed by atoms with Crippen molar-refractivity contribution in [1.82, 2.24) is 9.29 Å². The molecule has 1 aliphatic rings. The van der Waals surface area contributed by atoms with Crippen molar-refractivity contribution in [2.45, 2.75) is 50.1 Å². The average molecular weight is 513 g/mol. The highest BCUT2D eigenvalue weighted by atomic mass is 32.2. The first-order valence-electron chi connectivity index (χ1n) is 11.8. The minimum absolute atomic E-state index is 0.0976. The number of carboxylic acid groups (broad SMARTS) is 1. The van der Waals surface area contributed by atoms with Crippen LogP contribution < -0.4 is 4.74 Å². The summed E-state index contributed by atoms with van der Waals surface area (Å²) in [6.07, 6.45) is 3.22. The summed E-state index contributed by atoms with van der Waals surface area (Å²) in [5, 5.41) is 8.84. The van der Waals surface area contributed by atoms with Gasteiger partial charge in [0.1, 0.15) is 11.6 Å². The van der Waals surface area contributed by atoms with Gasteiger partial charge in [0.2, 0.25) is 0 Å². The quantitative estimate of drug-likeness (QED) is 0.447. The van der Waals surface area contributed by atoms with Gasteiger partial charge in [-0.1, -0.05) is 38.1 Å². The Balaban J connectivity index is 1.63. The number of sulfonamides is 1. The monoisotopic (exact) mass is 512 g/mol. The summed E-state index contributed by atoms with van der Waals surface area (Å²) >= 11 is 0. The molecule has 1 heterocycles. The molecule has 1 aromatic heterocycles. The summed E-state index contributed by atoms with van der Waals surface area (Å²) < 4.78 is 47.9. The molecule has 0 fully saturated rings. The van der Waals surface area contributed by atoms with Crippen molar-refractivity contribution in [3.63, 3.8) is 0 Å². The molecule has 7 nitrogen and oxygen atoms in total. The van der Waals surface area contributed by atoms with Gasteiger partial charge >= 0.3 is 5.97 Å². The van der Waals surface area contributed by atoms with E-state index in [0.717, 1.165) is 17.2 Å². The Morgan fingerprint density at radius 3 is 2.64 bits per heavy atom. The van der Waals surface area contributed by atoms with Gasteiger partial charge in [-0.25, -0.2) is 22.6 Å². The normalized spacial score (nSPS) is 15.7. The molecule has 1 N–H and O–H groups in total. The van der Waals surface area contributed by atoms with Gasteiger partial charge in [-0.05, 0) is 65.6 Å². The highest BCUT2D eigenvalue weighted by Gasteiger charge is 2.34. The Bertz CT molecular complexity index is 1370. The molecule has 2 aromatic carbocycles. The van der Waals surface area contributed by atoms with E-state index in [1.807, 2.05) is 12.1 Å². The summed E-state index contributed by atoms with van der Waals surface area (Å²) in [6.45, 7) is 3.61. The highest BCUT2D eigenvalue weighted by molar-refractivity contribution is 7.89. The lowest BCUT2D eigenvalue weighted by molar-refractivity contribution is -0.139. The van der Waals surface area contributed by atoms with Crippen molar-refractivity contribution in [2.24, 2.45) is 0 Å². The number of pyridine rings is 1. The molecule has 190 valence electrons. The van der Waals surface area contributed by atoms with Crippen LogP contribution in [0.25, 0.3) is 11.1 Å². The number of aromatic nitrogens is 1. The number of rotatable bonds is 8. The maximum absolute atomic E-state index is 14.4. The minimum Gasteiger partial charge on any atom is -0.482 e. The molecule has 0 saturated carbocycles. The van der Waals surface area contributed by atoms with Crippen LogP contribution in [0.3, 0.4) is 0 Å². The number of halogens is 1. The summed E-state index contributed by atoms with van der Waals surface area (Å²) in [7, 11) is -2.53. The van der Waals surface area contributed by atoms with Gasteiger partial charge < -0.3 is 9.84 Å². The Morgan fingerprint density at radius 1 is 1.19 bits per heavy atom. The van der Waals surface area contributed by atoms with Crippen LogP contribution in [-0.2, 0) is 21.2 Å². The Labute approximate surface area is 210 Å². The number of nitrogens with zero attached hydrogens (tertiary/aromatic N) is 2. The third-order valence-corrected chi connectivity index (χ3v) is 8.31. The minimum atomic E-state index is -3.99. The Hall–Kier alpha value is -3.30. The molecule has 4 rings (SSSR count). The number of carbonyl (C=O) groups is 1.